The van der Waals surface area contributed by atoms with Crippen molar-refractivity contribution in [1.29, 1.82) is 0 Å². The van der Waals surface area contributed by atoms with Gasteiger partial charge in [0, 0.05) is 24.0 Å². The molecular formula is C13H16N4O. The largest absolute Gasteiger partial charge is 0.340 e. The molecule has 1 fully saturated rings. The Hall–Kier alpha value is -2.04. The number of rotatable bonds is 4. The summed E-state index contributed by atoms with van der Waals surface area (Å²) in [6.07, 6.45) is 5.17. The van der Waals surface area contributed by atoms with Crippen LogP contribution >= 0.6 is 0 Å². The first-order valence-corrected chi connectivity index (χ1v) is 6.30. The third-order valence-corrected chi connectivity index (χ3v) is 3.21. The monoisotopic (exact) mass is 244 g/mol. The van der Waals surface area contributed by atoms with E-state index >= 15 is 0 Å². The lowest BCUT2D eigenvalue weighted by molar-refractivity contribution is 0.101. The highest BCUT2D eigenvalue weighted by Gasteiger charge is 2.26. The lowest BCUT2D eigenvalue weighted by Crippen LogP contribution is -2.16. The van der Waals surface area contributed by atoms with Crippen LogP contribution in [0.4, 0.5) is 5.82 Å². The first kappa shape index (κ1) is 11.1. The number of nitrogens with zero attached hydrogens (tertiary/aromatic N) is 2. The zero-order valence-corrected chi connectivity index (χ0v) is 10.3. The van der Waals surface area contributed by atoms with E-state index < -0.39 is 0 Å². The predicted octanol–water partition coefficient (Wildman–Crippen LogP) is 2.36. The average Bonchev–Trinajstić information content (AvgIpc) is 2.93. The molecule has 2 aromatic heterocycles. The Morgan fingerprint density at radius 1 is 1.61 bits per heavy atom. The highest BCUT2D eigenvalue weighted by atomic mass is 16.2. The summed E-state index contributed by atoms with van der Waals surface area (Å²) in [5.74, 6) is 0.487. The Balaban J connectivity index is 1.75. The fourth-order valence-electron chi connectivity index (χ4n) is 2.04. The molecule has 18 heavy (non-hydrogen) atoms. The SMILES string of the molecule is CCc1cc(NC(=O)c2cccn2C2CC2)n[nH]1. The van der Waals surface area contributed by atoms with Crippen LogP contribution in [0.5, 0.6) is 0 Å². The Kier molecular flexibility index (Phi) is 2.66. The van der Waals surface area contributed by atoms with Gasteiger partial charge in [0.25, 0.3) is 5.91 Å². The van der Waals surface area contributed by atoms with E-state index in [1.807, 2.05) is 35.9 Å². The minimum atomic E-state index is -0.0962. The maximum absolute atomic E-state index is 12.1. The van der Waals surface area contributed by atoms with Crippen LogP contribution in [0, 0.1) is 0 Å². The van der Waals surface area contributed by atoms with E-state index in [9.17, 15) is 4.79 Å². The van der Waals surface area contributed by atoms with Gasteiger partial charge in [-0.25, -0.2) is 0 Å². The Morgan fingerprint density at radius 3 is 3.11 bits per heavy atom. The van der Waals surface area contributed by atoms with Crippen LogP contribution in [0.2, 0.25) is 0 Å². The fourth-order valence-corrected chi connectivity index (χ4v) is 2.04. The third-order valence-electron chi connectivity index (χ3n) is 3.21. The van der Waals surface area contributed by atoms with Gasteiger partial charge in [0.15, 0.2) is 5.82 Å². The molecular weight excluding hydrogens is 228 g/mol. The summed E-state index contributed by atoms with van der Waals surface area (Å²) in [4.78, 5) is 12.1. The fraction of sp³-hybridized carbons (Fsp3) is 0.385. The van der Waals surface area contributed by atoms with Gasteiger partial charge in [-0.3, -0.25) is 9.89 Å². The maximum atomic E-state index is 12.1. The third kappa shape index (κ3) is 2.03. The van der Waals surface area contributed by atoms with Gasteiger partial charge in [-0.15, -0.1) is 0 Å². The highest BCUT2D eigenvalue weighted by molar-refractivity contribution is 6.02. The molecule has 3 rings (SSSR count). The number of hydrogen-bond donors (Lipinski definition) is 2. The number of hydrogen-bond acceptors (Lipinski definition) is 2. The number of amides is 1. The summed E-state index contributed by atoms with van der Waals surface area (Å²) in [5, 5.41) is 9.77. The number of aryl methyl sites for hydroxylation is 1. The first-order valence-electron chi connectivity index (χ1n) is 6.30. The van der Waals surface area contributed by atoms with Gasteiger partial charge in [0.05, 0.1) is 0 Å². The van der Waals surface area contributed by atoms with E-state index in [1.54, 1.807) is 0 Å². The molecule has 1 amide bonds. The second kappa shape index (κ2) is 4.33. The molecule has 1 aliphatic carbocycles. The molecule has 1 saturated carbocycles. The van der Waals surface area contributed by atoms with E-state index in [0.29, 0.717) is 17.6 Å². The van der Waals surface area contributed by atoms with Crippen molar-refractivity contribution >= 4 is 11.7 Å². The Morgan fingerprint density at radius 2 is 2.44 bits per heavy atom. The van der Waals surface area contributed by atoms with Crippen LogP contribution in [0.3, 0.4) is 0 Å². The Bertz CT molecular complexity index is 565. The zero-order valence-electron chi connectivity index (χ0n) is 10.3. The number of carbonyl (C=O) groups excluding carboxylic acids is 1. The Labute approximate surface area is 105 Å². The minimum absolute atomic E-state index is 0.0962. The normalized spacial score (nSPS) is 14.7. The molecule has 0 aliphatic heterocycles. The lowest BCUT2D eigenvalue weighted by Gasteiger charge is -2.06. The second-order valence-corrected chi connectivity index (χ2v) is 4.62. The van der Waals surface area contributed by atoms with Crippen molar-refractivity contribution in [3.8, 4) is 0 Å². The number of H-pyrrole nitrogens is 1. The lowest BCUT2D eigenvalue weighted by atomic mass is 10.3. The quantitative estimate of drug-likeness (QED) is 0.867. The maximum Gasteiger partial charge on any atom is 0.273 e. The van der Waals surface area contributed by atoms with Crippen LogP contribution < -0.4 is 5.32 Å². The van der Waals surface area contributed by atoms with Gasteiger partial charge in [0.2, 0.25) is 0 Å². The van der Waals surface area contributed by atoms with Crippen LogP contribution in [0.15, 0.2) is 24.4 Å². The standard InChI is InChI=1S/C13H16N4O/c1-2-9-8-12(16-15-9)14-13(18)11-4-3-7-17(11)10-5-6-10/h3-4,7-8,10H,2,5-6H2,1H3,(H2,14,15,16,18). The molecule has 0 saturated heterocycles. The molecule has 94 valence electrons. The molecule has 0 aromatic carbocycles. The van der Waals surface area contributed by atoms with Crippen LogP contribution in [-0.2, 0) is 6.42 Å². The first-order chi connectivity index (χ1) is 8.78. The van der Waals surface area contributed by atoms with Crippen LogP contribution in [-0.4, -0.2) is 20.7 Å². The van der Waals surface area contributed by atoms with Gasteiger partial charge < -0.3 is 9.88 Å². The minimum Gasteiger partial charge on any atom is -0.340 e. The number of carbonyl (C=O) groups is 1. The van der Waals surface area contributed by atoms with Crippen LogP contribution in [0.1, 0.15) is 42.0 Å². The summed E-state index contributed by atoms with van der Waals surface area (Å²) >= 11 is 0. The summed E-state index contributed by atoms with van der Waals surface area (Å²) in [5.41, 5.74) is 1.72. The van der Waals surface area contributed by atoms with Crippen molar-refractivity contribution in [3.63, 3.8) is 0 Å². The number of aromatic nitrogens is 3. The molecule has 0 radical (unpaired) electrons. The van der Waals surface area contributed by atoms with Crippen LogP contribution in [0.25, 0.3) is 0 Å². The molecule has 0 atom stereocenters. The smallest absolute Gasteiger partial charge is 0.273 e. The van der Waals surface area contributed by atoms with Crippen molar-refractivity contribution in [3.05, 3.63) is 35.8 Å². The molecule has 0 bridgehead atoms. The van der Waals surface area contributed by atoms with Gasteiger partial charge >= 0.3 is 0 Å². The van der Waals surface area contributed by atoms with E-state index in [0.717, 1.165) is 25.0 Å². The topological polar surface area (TPSA) is 62.7 Å². The van der Waals surface area contributed by atoms with E-state index in [2.05, 4.69) is 15.5 Å². The van der Waals surface area contributed by atoms with Crippen molar-refractivity contribution in [2.75, 3.05) is 5.32 Å². The molecule has 0 spiro atoms. The molecule has 0 unspecified atom stereocenters. The van der Waals surface area contributed by atoms with E-state index in [4.69, 9.17) is 0 Å². The molecule has 2 heterocycles. The summed E-state index contributed by atoms with van der Waals surface area (Å²) in [6.45, 7) is 2.04. The number of anilines is 1. The van der Waals surface area contributed by atoms with E-state index in [-0.39, 0.29) is 5.91 Å². The van der Waals surface area contributed by atoms with Crippen molar-refractivity contribution in [1.82, 2.24) is 14.8 Å². The molecule has 2 aromatic rings. The summed E-state index contributed by atoms with van der Waals surface area (Å²) in [7, 11) is 0. The van der Waals surface area contributed by atoms with E-state index in [1.165, 1.54) is 0 Å². The second-order valence-electron chi connectivity index (χ2n) is 4.62. The number of nitrogens with one attached hydrogen (secondary N) is 2. The molecule has 2 N–H and O–H groups in total. The van der Waals surface area contributed by atoms with Gasteiger partial charge in [-0.1, -0.05) is 6.92 Å². The van der Waals surface area contributed by atoms with Gasteiger partial charge in [-0.05, 0) is 31.4 Å². The summed E-state index contributed by atoms with van der Waals surface area (Å²) < 4.78 is 2.04. The predicted molar refractivity (Wildman–Crippen MR) is 68.6 cm³/mol. The average molecular weight is 244 g/mol. The number of aromatic amines is 1. The molecule has 5 nitrogen and oxygen atoms in total. The zero-order chi connectivity index (χ0) is 12.5. The molecule has 5 heteroatoms. The molecule has 1 aliphatic rings. The van der Waals surface area contributed by atoms with Crippen molar-refractivity contribution in [2.24, 2.45) is 0 Å². The van der Waals surface area contributed by atoms with Crippen molar-refractivity contribution in [2.45, 2.75) is 32.2 Å². The highest BCUT2D eigenvalue weighted by Crippen LogP contribution is 2.36. The van der Waals surface area contributed by atoms with Gasteiger partial charge in [-0.2, -0.15) is 5.10 Å². The van der Waals surface area contributed by atoms with Crippen molar-refractivity contribution < 1.29 is 4.79 Å². The summed E-state index contributed by atoms with van der Waals surface area (Å²) in [6, 6.07) is 6.13. The van der Waals surface area contributed by atoms with Gasteiger partial charge in [0.1, 0.15) is 5.69 Å².